The van der Waals surface area contributed by atoms with Crippen molar-refractivity contribution in [2.24, 2.45) is 5.73 Å². The highest BCUT2D eigenvalue weighted by molar-refractivity contribution is 6.15. The van der Waals surface area contributed by atoms with Gasteiger partial charge in [-0.05, 0) is 39.0 Å². The molecule has 0 spiro atoms. The molecule has 0 radical (unpaired) electrons. The molecular formula is C25H24F4N8O. The second-order valence-electron chi connectivity index (χ2n) is 9.45. The highest BCUT2D eigenvalue weighted by Gasteiger charge is 2.34. The van der Waals surface area contributed by atoms with Crippen molar-refractivity contribution in [2.45, 2.75) is 32.5 Å². The van der Waals surface area contributed by atoms with Crippen LogP contribution in [0.25, 0.3) is 38.8 Å². The molecule has 0 amide bonds. The van der Waals surface area contributed by atoms with E-state index in [0.29, 0.717) is 45.3 Å². The van der Waals surface area contributed by atoms with E-state index in [4.69, 9.17) is 10.5 Å². The maximum atomic E-state index is 14.7. The van der Waals surface area contributed by atoms with Crippen molar-refractivity contribution < 1.29 is 22.3 Å². The molecule has 13 heteroatoms. The van der Waals surface area contributed by atoms with Crippen molar-refractivity contribution in [1.29, 1.82) is 0 Å². The third-order valence-electron chi connectivity index (χ3n) is 5.66. The molecule has 1 aromatic carbocycles. The molecule has 5 rings (SSSR count). The number of H-pyrrole nitrogens is 1. The van der Waals surface area contributed by atoms with Crippen molar-refractivity contribution in [3.8, 4) is 22.8 Å². The van der Waals surface area contributed by atoms with E-state index in [1.54, 1.807) is 13.8 Å². The van der Waals surface area contributed by atoms with Crippen LogP contribution < -0.4 is 15.8 Å². The summed E-state index contributed by atoms with van der Waals surface area (Å²) in [5, 5.41) is 7.70. The third kappa shape index (κ3) is 4.84. The molecule has 0 saturated carbocycles. The molecule has 0 unspecified atom stereocenters. The first-order chi connectivity index (χ1) is 17.9. The molecule has 0 saturated heterocycles. The number of hydrogen-bond donors (Lipinski definition) is 3. The van der Waals surface area contributed by atoms with Crippen molar-refractivity contribution in [3.05, 3.63) is 54.5 Å². The van der Waals surface area contributed by atoms with E-state index in [9.17, 15) is 17.6 Å². The lowest BCUT2D eigenvalue weighted by Crippen LogP contribution is -2.38. The molecule has 4 aromatic heterocycles. The van der Waals surface area contributed by atoms with Gasteiger partial charge in [0, 0.05) is 53.4 Å². The molecule has 5 aromatic rings. The molecule has 9 nitrogen and oxygen atoms in total. The Labute approximate surface area is 214 Å². The average Bonchev–Trinajstić information content (AvgIpc) is 3.48. The molecule has 0 aliphatic rings. The second kappa shape index (κ2) is 9.24. The van der Waals surface area contributed by atoms with Crippen molar-refractivity contribution in [3.63, 3.8) is 0 Å². The van der Waals surface area contributed by atoms with Gasteiger partial charge in [-0.15, -0.1) is 0 Å². The number of hydrogen-bond acceptors (Lipinski definition) is 7. The number of pyridine rings is 1. The summed E-state index contributed by atoms with van der Waals surface area (Å²) in [5.41, 5.74) is 6.74. The first-order valence-electron chi connectivity index (χ1n) is 11.7. The van der Waals surface area contributed by atoms with Crippen LogP contribution in [0, 0.1) is 5.82 Å². The van der Waals surface area contributed by atoms with Gasteiger partial charge in [-0.3, -0.25) is 0 Å². The number of anilines is 1. The summed E-state index contributed by atoms with van der Waals surface area (Å²) < 4.78 is 61.6. The third-order valence-corrected chi connectivity index (χ3v) is 5.66. The summed E-state index contributed by atoms with van der Waals surface area (Å²) in [6.07, 6.45) is 0.957. The number of rotatable bonds is 7. The van der Waals surface area contributed by atoms with Gasteiger partial charge in [-0.25, -0.2) is 24.0 Å². The minimum Gasteiger partial charge on any atom is -0.462 e. The molecule has 0 atom stereocenters. The molecule has 4 heterocycles. The lowest BCUT2D eigenvalue weighted by Gasteiger charge is -2.18. The van der Waals surface area contributed by atoms with E-state index in [1.165, 1.54) is 36.9 Å². The Balaban J connectivity index is 1.74. The number of alkyl halides is 3. The lowest BCUT2D eigenvalue weighted by molar-refractivity contribution is -0.141. The topological polar surface area (TPSA) is 120 Å². The fourth-order valence-electron chi connectivity index (χ4n) is 4.07. The van der Waals surface area contributed by atoms with E-state index in [0.717, 1.165) is 10.7 Å². The SMILES string of the molecule is CCNc1cc(F)cc2c1[nH]c1ncc(-c3cnc(OCC(C)(C)N)nc3)c(-n3ccc(C(F)(F)F)n3)c12. The molecule has 38 heavy (non-hydrogen) atoms. The van der Waals surface area contributed by atoms with Gasteiger partial charge in [0.1, 0.15) is 18.1 Å². The number of nitrogens with one attached hydrogen (secondary N) is 2. The van der Waals surface area contributed by atoms with Gasteiger partial charge in [0.05, 0.1) is 22.3 Å². The molecule has 0 fully saturated rings. The van der Waals surface area contributed by atoms with Crippen LogP contribution in [-0.4, -0.2) is 48.4 Å². The van der Waals surface area contributed by atoms with Gasteiger partial charge in [-0.1, -0.05) is 0 Å². The Bertz CT molecular complexity index is 1620. The largest absolute Gasteiger partial charge is 0.462 e. The van der Waals surface area contributed by atoms with Crippen molar-refractivity contribution in [1.82, 2.24) is 29.7 Å². The highest BCUT2D eigenvalue weighted by atomic mass is 19.4. The van der Waals surface area contributed by atoms with Crippen molar-refractivity contribution in [2.75, 3.05) is 18.5 Å². The molecular weight excluding hydrogens is 504 g/mol. The maximum absolute atomic E-state index is 14.7. The van der Waals surface area contributed by atoms with E-state index >= 15 is 0 Å². The first-order valence-corrected chi connectivity index (χ1v) is 11.7. The quantitative estimate of drug-likeness (QED) is 0.253. The van der Waals surface area contributed by atoms with Gasteiger partial charge in [0.2, 0.25) is 0 Å². The van der Waals surface area contributed by atoms with E-state index in [1.807, 2.05) is 6.92 Å². The van der Waals surface area contributed by atoms with Crippen LogP contribution in [0.15, 0.2) is 43.0 Å². The van der Waals surface area contributed by atoms with E-state index < -0.39 is 23.2 Å². The monoisotopic (exact) mass is 528 g/mol. The zero-order valence-electron chi connectivity index (χ0n) is 20.7. The number of nitrogens with two attached hydrogens (primary N) is 1. The number of benzene rings is 1. The molecule has 198 valence electrons. The zero-order valence-corrected chi connectivity index (χ0v) is 20.7. The zero-order chi connectivity index (χ0) is 27.2. The fourth-order valence-corrected chi connectivity index (χ4v) is 4.07. The predicted molar refractivity (Wildman–Crippen MR) is 135 cm³/mol. The van der Waals surface area contributed by atoms with Gasteiger partial charge in [0.15, 0.2) is 5.69 Å². The van der Waals surface area contributed by atoms with Gasteiger partial charge in [0.25, 0.3) is 0 Å². The second-order valence-corrected chi connectivity index (χ2v) is 9.45. The molecule has 0 aliphatic heterocycles. The summed E-state index contributed by atoms with van der Waals surface area (Å²) >= 11 is 0. The van der Waals surface area contributed by atoms with Crippen LogP contribution in [0.4, 0.5) is 23.2 Å². The Morgan fingerprint density at radius 1 is 1.11 bits per heavy atom. The maximum Gasteiger partial charge on any atom is 0.435 e. The predicted octanol–water partition coefficient (Wildman–Crippen LogP) is 5.06. The van der Waals surface area contributed by atoms with Crippen LogP contribution in [0.5, 0.6) is 6.01 Å². The average molecular weight is 529 g/mol. The summed E-state index contributed by atoms with van der Waals surface area (Å²) in [4.78, 5) is 16.1. The highest BCUT2D eigenvalue weighted by Crippen LogP contribution is 2.39. The van der Waals surface area contributed by atoms with E-state index in [-0.39, 0.29) is 18.3 Å². The minimum absolute atomic E-state index is 0.0887. The Morgan fingerprint density at radius 2 is 1.84 bits per heavy atom. The van der Waals surface area contributed by atoms with Crippen LogP contribution in [0.3, 0.4) is 0 Å². The minimum atomic E-state index is -4.65. The first kappa shape index (κ1) is 25.4. The molecule has 4 N–H and O–H groups in total. The number of fused-ring (bicyclic) bond motifs is 3. The van der Waals surface area contributed by atoms with Crippen LogP contribution >= 0.6 is 0 Å². The summed E-state index contributed by atoms with van der Waals surface area (Å²) in [6.45, 7) is 6.15. The van der Waals surface area contributed by atoms with E-state index in [2.05, 4.69) is 30.4 Å². The van der Waals surface area contributed by atoms with Crippen LogP contribution in [0.1, 0.15) is 26.5 Å². The fraction of sp³-hybridized carbons (Fsp3) is 0.280. The standard InChI is InChI=1S/C25H24F4N8O/c1-4-31-17-8-14(26)7-15-19-21(37-6-5-18(36-37)25(27,28)29)16(11-32-22(19)35-20(15)17)13-9-33-23(34-10-13)38-12-24(2,3)30/h5-11,31H,4,12,30H2,1-3H3,(H,32,35). The van der Waals surface area contributed by atoms with Gasteiger partial charge >= 0.3 is 12.2 Å². The van der Waals surface area contributed by atoms with Gasteiger partial charge < -0.3 is 20.8 Å². The normalized spacial score (nSPS) is 12.4. The number of ether oxygens (including phenoxy) is 1. The van der Waals surface area contributed by atoms with Crippen molar-refractivity contribution >= 4 is 27.6 Å². The summed E-state index contributed by atoms with van der Waals surface area (Å²) in [5.74, 6) is -0.519. The summed E-state index contributed by atoms with van der Waals surface area (Å²) in [6, 6.07) is 3.61. The van der Waals surface area contributed by atoms with Crippen LogP contribution in [0.2, 0.25) is 0 Å². The number of aromatic nitrogens is 6. The molecule has 0 bridgehead atoms. The Hall–Kier alpha value is -4.26. The summed E-state index contributed by atoms with van der Waals surface area (Å²) in [7, 11) is 0. The number of aromatic amines is 1. The van der Waals surface area contributed by atoms with Gasteiger partial charge in [-0.2, -0.15) is 18.3 Å². The lowest BCUT2D eigenvalue weighted by atomic mass is 10.0. The number of halogens is 4. The number of nitrogens with zero attached hydrogens (tertiary/aromatic N) is 5. The smallest absolute Gasteiger partial charge is 0.435 e. The molecule has 0 aliphatic carbocycles. The Morgan fingerprint density at radius 3 is 2.47 bits per heavy atom. The Kier molecular flexibility index (Phi) is 6.18. The van der Waals surface area contributed by atoms with Crippen LogP contribution in [-0.2, 0) is 6.18 Å².